The molecule has 1 aliphatic carbocycles. The maximum Gasteiger partial charge on any atom is 0.148 e. The maximum atomic E-state index is 4.69. The van der Waals surface area contributed by atoms with Crippen molar-refractivity contribution in [2.24, 2.45) is 0 Å². The summed E-state index contributed by atoms with van der Waals surface area (Å²) in [6.45, 7) is 1.61. The van der Waals surface area contributed by atoms with Crippen LogP contribution in [0.25, 0.3) is 0 Å². The van der Waals surface area contributed by atoms with Crippen LogP contribution in [0.4, 0.5) is 5.82 Å². The van der Waals surface area contributed by atoms with E-state index >= 15 is 0 Å². The SMILES string of the molecule is c1cc(CCn2ccc(NCc3csc(C4CC4)n3)n2)ccn1. The van der Waals surface area contributed by atoms with Gasteiger partial charge in [-0.3, -0.25) is 9.67 Å². The van der Waals surface area contributed by atoms with Gasteiger partial charge in [-0.1, -0.05) is 0 Å². The van der Waals surface area contributed by atoms with Crippen molar-refractivity contribution >= 4 is 17.2 Å². The van der Waals surface area contributed by atoms with Crippen LogP contribution in [0, 0.1) is 0 Å². The molecule has 118 valence electrons. The molecule has 0 spiro atoms. The number of nitrogens with zero attached hydrogens (tertiary/aromatic N) is 4. The van der Waals surface area contributed by atoms with Gasteiger partial charge in [0.1, 0.15) is 5.82 Å². The second kappa shape index (κ2) is 6.50. The van der Waals surface area contributed by atoms with Gasteiger partial charge in [-0.2, -0.15) is 5.10 Å². The van der Waals surface area contributed by atoms with Gasteiger partial charge < -0.3 is 5.32 Å². The highest BCUT2D eigenvalue weighted by molar-refractivity contribution is 7.09. The number of thiazole rings is 1. The minimum atomic E-state index is 0.737. The minimum Gasteiger partial charge on any atom is -0.363 e. The Labute approximate surface area is 139 Å². The van der Waals surface area contributed by atoms with Crippen LogP contribution in [0.1, 0.15) is 35.0 Å². The zero-order valence-electron chi connectivity index (χ0n) is 12.9. The van der Waals surface area contributed by atoms with Crippen molar-refractivity contribution < 1.29 is 0 Å². The van der Waals surface area contributed by atoms with Gasteiger partial charge in [-0.15, -0.1) is 11.3 Å². The zero-order chi connectivity index (χ0) is 15.5. The first-order valence-electron chi connectivity index (χ1n) is 7.97. The summed E-state index contributed by atoms with van der Waals surface area (Å²) < 4.78 is 1.97. The highest BCUT2D eigenvalue weighted by Gasteiger charge is 2.26. The van der Waals surface area contributed by atoms with E-state index in [9.17, 15) is 0 Å². The number of rotatable bonds is 7. The molecule has 0 radical (unpaired) electrons. The molecule has 0 bridgehead atoms. The normalized spacial score (nSPS) is 14.1. The minimum absolute atomic E-state index is 0.737. The molecule has 1 aliphatic rings. The van der Waals surface area contributed by atoms with E-state index in [0.29, 0.717) is 0 Å². The molecule has 5 nitrogen and oxygen atoms in total. The van der Waals surface area contributed by atoms with Gasteiger partial charge >= 0.3 is 0 Å². The molecule has 3 aromatic rings. The Morgan fingerprint density at radius 1 is 1.22 bits per heavy atom. The van der Waals surface area contributed by atoms with Crippen molar-refractivity contribution in [2.75, 3.05) is 5.32 Å². The van der Waals surface area contributed by atoms with Crippen LogP contribution in [-0.4, -0.2) is 19.7 Å². The zero-order valence-corrected chi connectivity index (χ0v) is 13.7. The number of pyridine rings is 1. The number of aryl methyl sites for hydroxylation is 2. The summed E-state index contributed by atoms with van der Waals surface area (Å²) in [4.78, 5) is 8.72. The molecule has 6 heteroatoms. The fourth-order valence-corrected chi connectivity index (χ4v) is 3.47. The average Bonchev–Trinajstić information content (AvgIpc) is 3.16. The largest absolute Gasteiger partial charge is 0.363 e. The van der Waals surface area contributed by atoms with Crippen molar-refractivity contribution in [2.45, 2.75) is 38.3 Å². The summed E-state index contributed by atoms with van der Waals surface area (Å²) in [7, 11) is 0. The number of aromatic nitrogens is 4. The van der Waals surface area contributed by atoms with Crippen LogP contribution in [0.5, 0.6) is 0 Å². The summed E-state index contributed by atoms with van der Waals surface area (Å²) in [5.41, 5.74) is 2.39. The third kappa shape index (κ3) is 3.76. The highest BCUT2D eigenvalue weighted by atomic mass is 32.1. The van der Waals surface area contributed by atoms with Gasteiger partial charge in [0.25, 0.3) is 0 Å². The molecule has 0 unspecified atom stereocenters. The average molecular weight is 325 g/mol. The summed E-state index contributed by atoms with van der Waals surface area (Å²) in [6.07, 6.45) is 9.25. The topological polar surface area (TPSA) is 55.6 Å². The maximum absolute atomic E-state index is 4.69. The molecule has 0 aromatic carbocycles. The monoisotopic (exact) mass is 325 g/mol. The van der Waals surface area contributed by atoms with Crippen molar-refractivity contribution in [3.63, 3.8) is 0 Å². The van der Waals surface area contributed by atoms with Crippen LogP contribution in [0.2, 0.25) is 0 Å². The van der Waals surface area contributed by atoms with E-state index in [4.69, 9.17) is 0 Å². The molecule has 0 atom stereocenters. The van der Waals surface area contributed by atoms with Gasteiger partial charge in [-0.25, -0.2) is 4.98 Å². The Morgan fingerprint density at radius 3 is 2.91 bits per heavy atom. The van der Waals surface area contributed by atoms with Gasteiger partial charge in [0, 0.05) is 42.5 Å². The lowest BCUT2D eigenvalue weighted by atomic mass is 10.2. The molecular weight excluding hydrogens is 306 g/mol. The molecule has 3 heterocycles. The van der Waals surface area contributed by atoms with Crippen LogP contribution >= 0.6 is 11.3 Å². The Morgan fingerprint density at radius 2 is 2.09 bits per heavy atom. The van der Waals surface area contributed by atoms with E-state index in [1.807, 2.05) is 41.5 Å². The van der Waals surface area contributed by atoms with Gasteiger partial charge in [0.15, 0.2) is 0 Å². The number of anilines is 1. The fourth-order valence-electron chi connectivity index (χ4n) is 2.48. The van der Waals surface area contributed by atoms with Crippen LogP contribution in [0.15, 0.2) is 42.2 Å². The molecule has 3 aromatic heterocycles. The first kappa shape index (κ1) is 14.4. The van der Waals surface area contributed by atoms with E-state index in [0.717, 1.165) is 36.9 Å². The number of hydrogen-bond donors (Lipinski definition) is 1. The first-order chi connectivity index (χ1) is 11.4. The summed E-state index contributed by atoms with van der Waals surface area (Å²) in [5.74, 6) is 1.64. The van der Waals surface area contributed by atoms with Crippen molar-refractivity contribution in [1.29, 1.82) is 0 Å². The van der Waals surface area contributed by atoms with E-state index in [2.05, 4.69) is 25.8 Å². The molecule has 23 heavy (non-hydrogen) atoms. The molecule has 0 aliphatic heterocycles. The van der Waals surface area contributed by atoms with Crippen molar-refractivity contribution in [3.05, 3.63) is 58.4 Å². The van der Waals surface area contributed by atoms with Crippen molar-refractivity contribution in [3.8, 4) is 0 Å². The Hall–Kier alpha value is -2.21. The molecule has 1 saturated carbocycles. The van der Waals surface area contributed by atoms with Gasteiger partial charge in [0.2, 0.25) is 0 Å². The van der Waals surface area contributed by atoms with E-state index < -0.39 is 0 Å². The molecule has 1 N–H and O–H groups in total. The molecular formula is C17H19N5S. The lowest BCUT2D eigenvalue weighted by molar-refractivity contribution is 0.616. The lowest BCUT2D eigenvalue weighted by Gasteiger charge is -2.02. The summed E-state index contributed by atoms with van der Waals surface area (Å²) >= 11 is 1.78. The lowest BCUT2D eigenvalue weighted by Crippen LogP contribution is -2.04. The standard InChI is InChI=1S/C17H19N5S/c1-2-14(1)17-20-15(12-23-17)11-19-16-6-10-22(21-16)9-5-13-3-7-18-8-4-13/h3-4,6-8,10,12,14H,1-2,5,9,11H2,(H,19,21). The second-order valence-electron chi connectivity index (χ2n) is 5.87. The number of nitrogens with one attached hydrogen (secondary N) is 1. The Bertz CT molecular complexity index is 760. The molecule has 1 fully saturated rings. The molecule has 0 saturated heterocycles. The Balaban J connectivity index is 1.29. The molecule has 0 amide bonds. The second-order valence-corrected chi connectivity index (χ2v) is 6.76. The molecule has 4 rings (SSSR count). The van der Waals surface area contributed by atoms with Crippen LogP contribution in [0.3, 0.4) is 0 Å². The third-order valence-corrected chi connectivity index (χ3v) is 5.02. The quantitative estimate of drug-likeness (QED) is 0.723. The van der Waals surface area contributed by atoms with E-state index in [1.165, 1.54) is 23.4 Å². The summed E-state index contributed by atoms with van der Waals surface area (Å²) in [6, 6.07) is 6.10. The fraction of sp³-hybridized carbons (Fsp3) is 0.353. The summed E-state index contributed by atoms with van der Waals surface area (Å²) in [5, 5.41) is 11.4. The predicted octanol–water partition coefficient (Wildman–Crippen LogP) is 3.47. The number of hydrogen-bond acceptors (Lipinski definition) is 5. The first-order valence-corrected chi connectivity index (χ1v) is 8.85. The van der Waals surface area contributed by atoms with E-state index in [1.54, 1.807) is 11.3 Å². The van der Waals surface area contributed by atoms with E-state index in [-0.39, 0.29) is 0 Å². The van der Waals surface area contributed by atoms with Crippen molar-refractivity contribution in [1.82, 2.24) is 19.7 Å². The predicted molar refractivity (Wildman–Crippen MR) is 91.6 cm³/mol. The van der Waals surface area contributed by atoms with Crippen LogP contribution < -0.4 is 5.32 Å². The third-order valence-electron chi connectivity index (χ3n) is 3.97. The van der Waals surface area contributed by atoms with Gasteiger partial charge in [-0.05, 0) is 37.0 Å². The Kier molecular flexibility index (Phi) is 4.06. The highest BCUT2D eigenvalue weighted by Crippen LogP contribution is 2.41. The van der Waals surface area contributed by atoms with Gasteiger partial charge in [0.05, 0.1) is 17.2 Å². The smallest absolute Gasteiger partial charge is 0.148 e. The van der Waals surface area contributed by atoms with Crippen LogP contribution in [-0.2, 0) is 19.5 Å².